The molecule has 2 atom stereocenters. The highest BCUT2D eigenvalue weighted by Gasteiger charge is 2.20. The highest BCUT2D eigenvalue weighted by atomic mass is 16.5. The molecule has 0 spiro atoms. The van der Waals surface area contributed by atoms with Crippen molar-refractivity contribution in [2.24, 2.45) is 0 Å². The van der Waals surface area contributed by atoms with Crippen molar-refractivity contribution in [3.8, 4) is 0 Å². The van der Waals surface area contributed by atoms with Gasteiger partial charge in [0.1, 0.15) is 25.2 Å². The summed E-state index contributed by atoms with van der Waals surface area (Å²) < 4.78 is 4.94. The Bertz CT molecular complexity index is 620. The van der Waals surface area contributed by atoms with Crippen molar-refractivity contribution in [2.45, 2.75) is 32.5 Å². The molecule has 9 nitrogen and oxygen atoms in total. The first-order chi connectivity index (χ1) is 11.8. The molecule has 0 aliphatic rings. The van der Waals surface area contributed by atoms with Gasteiger partial charge in [-0.2, -0.15) is 0 Å². The highest BCUT2D eigenvalue weighted by molar-refractivity contribution is 5.91. The maximum absolute atomic E-state index is 11.7. The monoisotopic (exact) mass is 351 g/mol. The van der Waals surface area contributed by atoms with E-state index in [9.17, 15) is 19.2 Å². The third-order valence-electron chi connectivity index (χ3n) is 3.11. The number of ether oxygens (including phenoxy) is 1. The van der Waals surface area contributed by atoms with E-state index in [4.69, 9.17) is 9.84 Å². The Kier molecular flexibility index (Phi) is 7.91. The zero-order valence-corrected chi connectivity index (χ0v) is 13.9. The molecule has 1 aromatic carbocycles. The van der Waals surface area contributed by atoms with E-state index in [1.54, 1.807) is 12.1 Å². The van der Waals surface area contributed by atoms with Gasteiger partial charge in [-0.15, -0.1) is 0 Å². The maximum atomic E-state index is 11.7. The van der Waals surface area contributed by atoms with Crippen LogP contribution < -0.4 is 16.0 Å². The predicted octanol–water partition coefficient (Wildman–Crippen LogP) is 0.00680. The van der Waals surface area contributed by atoms with E-state index in [-0.39, 0.29) is 13.2 Å². The lowest BCUT2D eigenvalue weighted by Gasteiger charge is -2.16. The lowest BCUT2D eigenvalue weighted by Crippen LogP contribution is -2.51. The summed E-state index contributed by atoms with van der Waals surface area (Å²) in [5, 5.41) is 15.5. The van der Waals surface area contributed by atoms with Gasteiger partial charge in [-0.1, -0.05) is 30.3 Å². The molecule has 0 saturated carbocycles. The van der Waals surface area contributed by atoms with Gasteiger partial charge in [0.15, 0.2) is 0 Å². The van der Waals surface area contributed by atoms with E-state index < -0.39 is 36.0 Å². The second-order valence-corrected chi connectivity index (χ2v) is 5.27. The van der Waals surface area contributed by atoms with Gasteiger partial charge in [0.2, 0.25) is 11.8 Å². The van der Waals surface area contributed by atoms with Gasteiger partial charge in [-0.25, -0.2) is 4.79 Å². The van der Waals surface area contributed by atoms with Crippen molar-refractivity contribution in [3.63, 3.8) is 0 Å². The number of hydrogen-bond acceptors (Lipinski definition) is 5. The fourth-order valence-corrected chi connectivity index (χ4v) is 1.68. The molecule has 136 valence electrons. The largest absolute Gasteiger partial charge is 0.480 e. The molecule has 0 fully saturated rings. The van der Waals surface area contributed by atoms with Crippen LogP contribution in [0.3, 0.4) is 0 Å². The number of amides is 3. The van der Waals surface area contributed by atoms with Crippen LogP contribution >= 0.6 is 0 Å². The van der Waals surface area contributed by atoms with Crippen LogP contribution in [0.25, 0.3) is 0 Å². The second-order valence-electron chi connectivity index (χ2n) is 5.27. The molecular weight excluding hydrogens is 330 g/mol. The van der Waals surface area contributed by atoms with E-state index in [0.717, 1.165) is 5.56 Å². The molecule has 3 amide bonds. The summed E-state index contributed by atoms with van der Waals surface area (Å²) in [7, 11) is 0. The molecule has 0 bridgehead atoms. The fraction of sp³-hybridized carbons (Fsp3) is 0.375. The van der Waals surface area contributed by atoms with Gasteiger partial charge in [0, 0.05) is 0 Å². The smallest absolute Gasteiger partial charge is 0.407 e. The minimum atomic E-state index is -1.19. The Balaban J connectivity index is 2.28. The lowest BCUT2D eigenvalue weighted by atomic mass is 10.2. The molecule has 0 aromatic heterocycles. The molecule has 0 aliphatic heterocycles. The van der Waals surface area contributed by atoms with Crippen molar-refractivity contribution >= 4 is 23.9 Å². The highest BCUT2D eigenvalue weighted by Crippen LogP contribution is 2.00. The Morgan fingerprint density at radius 2 is 1.68 bits per heavy atom. The van der Waals surface area contributed by atoms with E-state index in [1.807, 2.05) is 18.2 Å². The molecular formula is C16H21N3O6. The number of carboxylic acids is 1. The van der Waals surface area contributed by atoms with Crippen LogP contribution in [-0.2, 0) is 25.7 Å². The number of hydrogen-bond donors (Lipinski definition) is 4. The molecule has 0 saturated heterocycles. The van der Waals surface area contributed by atoms with Crippen LogP contribution in [0, 0.1) is 0 Å². The van der Waals surface area contributed by atoms with Gasteiger partial charge in [-0.3, -0.25) is 14.4 Å². The van der Waals surface area contributed by atoms with Crippen LogP contribution in [0.2, 0.25) is 0 Å². The Hall–Kier alpha value is -3.10. The molecule has 2 unspecified atom stereocenters. The van der Waals surface area contributed by atoms with Crippen LogP contribution in [0.5, 0.6) is 0 Å². The van der Waals surface area contributed by atoms with Gasteiger partial charge >= 0.3 is 12.1 Å². The normalized spacial score (nSPS) is 12.4. The molecule has 1 aromatic rings. The van der Waals surface area contributed by atoms with Crippen LogP contribution in [0.4, 0.5) is 4.79 Å². The average Bonchev–Trinajstić information content (AvgIpc) is 2.58. The number of carboxylic acid groups (broad SMARTS) is 1. The van der Waals surface area contributed by atoms with E-state index in [0.29, 0.717) is 0 Å². The molecule has 9 heteroatoms. The minimum absolute atomic E-state index is 0.0696. The van der Waals surface area contributed by atoms with Crippen molar-refractivity contribution in [1.29, 1.82) is 0 Å². The average molecular weight is 351 g/mol. The first-order valence-corrected chi connectivity index (χ1v) is 7.56. The molecule has 4 N–H and O–H groups in total. The first-order valence-electron chi connectivity index (χ1n) is 7.56. The van der Waals surface area contributed by atoms with Gasteiger partial charge in [-0.05, 0) is 19.4 Å². The lowest BCUT2D eigenvalue weighted by molar-refractivity contribution is -0.141. The maximum Gasteiger partial charge on any atom is 0.407 e. The Morgan fingerprint density at radius 1 is 1.04 bits per heavy atom. The quantitative estimate of drug-likeness (QED) is 0.521. The first kappa shape index (κ1) is 19.9. The Morgan fingerprint density at radius 3 is 2.28 bits per heavy atom. The van der Waals surface area contributed by atoms with Gasteiger partial charge in [0.05, 0.1) is 0 Å². The summed E-state index contributed by atoms with van der Waals surface area (Å²) in [4.78, 5) is 45.5. The predicted molar refractivity (Wildman–Crippen MR) is 87.5 cm³/mol. The van der Waals surface area contributed by atoms with Gasteiger partial charge in [0.25, 0.3) is 0 Å². The number of rotatable bonds is 8. The summed E-state index contributed by atoms with van der Waals surface area (Å²) in [5.41, 5.74) is 0.806. The summed E-state index contributed by atoms with van der Waals surface area (Å²) in [6, 6.07) is 7.01. The van der Waals surface area contributed by atoms with E-state index in [2.05, 4.69) is 16.0 Å². The number of alkyl carbamates (subject to hydrolysis) is 1. The zero-order valence-electron chi connectivity index (χ0n) is 13.9. The number of carbonyl (C=O) groups is 4. The summed E-state index contributed by atoms with van der Waals surface area (Å²) in [6.07, 6.45) is -0.768. The topological polar surface area (TPSA) is 134 Å². The third kappa shape index (κ3) is 7.82. The number of carbonyl (C=O) groups excluding carboxylic acids is 3. The second kappa shape index (κ2) is 9.91. The van der Waals surface area contributed by atoms with Crippen molar-refractivity contribution in [1.82, 2.24) is 16.0 Å². The number of aliphatic carboxylic acids is 1. The summed E-state index contributed by atoms with van der Waals surface area (Å²) in [5.74, 6) is -2.44. The molecule has 0 radical (unpaired) electrons. The summed E-state index contributed by atoms with van der Waals surface area (Å²) >= 11 is 0. The standard InChI is InChI=1S/C16H21N3O6/c1-10(14(21)19-11(2)15(22)23)18-13(20)8-17-16(24)25-9-12-6-4-3-5-7-12/h3-7,10-11H,8-9H2,1-2H3,(H,17,24)(H,18,20)(H,19,21)(H,22,23). The summed E-state index contributed by atoms with van der Waals surface area (Å²) in [6.45, 7) is 2.40. The number of nitrogens with one attached hydrogen (secondary N) is 3. The van der Waals surface area contributed by atoms with Crippen LogP contribution in [0.1, 0.15) is 19.4 Å². The van der Waals surface area contributed by atoms with E-state index >= 15 is 0 Å². The molecule has 0 heterocycles. The Labute approximate surface area is 144 Å². The minimum Gasteiger partial charge on any atom is -0.480 e. The molecule has 0 aliphatic carbocycles. The van der Waals surface area contributed by atoms with Crippen molar-refractivity contribution < 1.29 is 29.0 Å². The fourth-order valence-electron chi connectivity index (χ4n) is 1.68. The van der Waals surface area contributed by atoms with E-state index in [1.165, 1.54) is 13.8 Å². The third-order valence-corrected chi connectivity index (χ3v) is 3.11. The van der Waals surface area contributed by atoms with Crippen LogP contribution in [-0.4, -0.2) is 47.6 Å². The van der Waals surface area contributed by atoms with Crippen molar-refractivity contribution in [2.75, 3.05) is 6.54 Å². The number of benzene rings is 1. The molecule has 1 rings (SSSR count). The van der Waals surface area contributed by atoms with Gasteiger partial charge < -0.3 is 25.8 Å². The van der Waals surface area contributed by atoms with Crippen LogP contribution in [0.15, 0.2) is 30.3 Å². The zero-order chi connectivity index (χ0) is 18.8. The molecule has 25 heavy (non-hydrogen) atoms. The van der Waals surface area contributed by atoms with Crippen molar-refractivity contribution in [3.05, 3.63) is 35.9 Å². The SMILES string of the molecule is CC(NC(=O)C(C)NC(=O)CNC(=O)OCc1ccccc1)C(=O)O.